The van der Waals surface area contributed by atoms with Crippen LogP contribution in [0.5, 0.6) is 5.75 Å². The molecule has 0 heterocycles. The molecule has 1 aliphatic rings. The number of carbonyl (C=O) groups is 1. The maximum Gasteiger partial charge on any atom is 0.240 e. The smallest absolute Gasteiger partial charge is 0.240 e. The Kier molecular flexibility index (Phi) is 5.23. The molecule has 1 aromatic rings. The van der Waals surface area contributed by atoms with E-state index in [4.69, 9.17) is 10.5 Å². The van der Waals surface area contributed by atoms with E-state index in [1.54, 1.807) is 0 Å². The van der Waals surface area contributed by atoms with Gasteiger partial charge in [0, 0.05) is 0 Å². The summed E-state index contributed by atoms with van der Waals surface area (Å²) < 4.78 is 5.86. The molecule has 1 fully saturated rings. The number of carbonyl (C=O) groups excluding carboxylic acids is 1. The van der Waals surface area contributed by atoms with Gasteiger partial charge in [-0.3, -0.25) is 4.79 Å². The van der Waals surface area contributed by atoms with Crippen molar-refractivity contribution in [1.29, 1.82) is 0 Å². The maximum absolute atomic E-state index is 12.3. The van der Waals surface area contributed by atoms with Gasteiger partial charge >= 0.3 is 0 Å². The number of nitrogens with two attached hydrogens (primary N) is 1. The van der Waals surface area contributed by atoms with E-state index >= 15 is 0 Å². The van der Waals surface area contributed by atoms with Crippen molar-refractivity contribution < 1.29 is 9.53 Å². The van der Waals surface area contributed by atoms with E-state index < -0.39 is 5.54 Å². The highest BCUT2D eigenvalue weighted by Gasteiger charge is 2.35. The van der Waals surface area contributed by atoms with Crippen molar-refractivity contribution in [2.45, 2.75) is 57.6 Å². The average Bonchev–Trinajstić information content (AvgIpc) is 2.48. The van der Waals surface area contributed by atoms with E-state index in [2.05, 4.69) is 5.32 Å². The van der Waals surface area contributed by atoms with Crippen molar-refractivity contribution in [2.24, 2.45) is 5.73 Å². The first kappa shape index (κ1) is 15.8. The van der Waals surface area contributed by atoms with Crippen LogP contribution in [0.2, 0.25) is 0 Å². The minimum atomic E-state index is -0.680. The summed E-state index contributed by atoms with van der Waals surface area (Å²) in [6.45, 7) is 4.44. The van der Waals surface area contributed by atoms with Gasteiger partial charge in [0.1, 0.15) is 11.9 Å². The standard InChI is InChI=1S/C17H26N2O2/c1-13-8-4-5-9-15(13)21-14(2)12-19-16(20)17(18)10-6-3-7-11-17/h4-5,8-9,14H,3,6-7,10-12,18H2,1-2H3,(H,19,20). The van der Waals surface area contributed by atoms with E-state index in [0.29, 0.717) is 6.54 Å². The molecule has 0 radical (unpaired) electrons. The normalized spacial score (nSPS) is 18.8. The molecule has 2 rings (SSSR count). The molecule has 1 saturated carbocycles. The zero-order chi connectivity index (χ0) is 15.3. The molecule has 0 spiro atoms. The van der Waals surface area contributed by atoms with Gasteiger partial charge in [-0.15, -0.1) is 0 Å². The summed E-state index contributed by atoms with van der Waals surface area (Å²) in [7, 11) is 0. The van der Waals surface area contributed by atoms with Gasteiger partial charge in [0.25, 0.3) is 0 Å². The summed E-state index contributed by atoms with van der Waals surface area (Å²) in [6, 6.07) is 7.89. The van der Waals surface area contributed by atoms with Gasteiger partial charge in [0.05, 0.1) is 12.1 Å². The number of amides is 1. The molecule has 3 N–H and O–H groups in total. The third-order valence-electron chi connectivity index (χ3n) is 4.17. The second-order valence-corrected chi connectivity index (χ2v) is 6.12. The molecule has 1 aliphatic carbocycles. The number of nitrogens with one attached hydrogen (secondary N) is 1. The molecule has 4 heteroatoms. The minimum absolute atomic E-state index is 0.0394. The fraction of sp³-hybridized carbons (Fsp3) is 0.588. The van der Waals surface area contributed by atoms with Gasteiger partial charge in [-0.25, -0.2) is 0 Å². The summed E-state index contributed by atoms with van der Waals surface area (Å²) in [5.41, 5.74) is 6.63. The van der Waals surface area contributed by atoms with Crippen LogP contribution in [0.1, 0.15) is 44.6 Å². The monoisotopic (exact) mass is 290 g/mol. The van der Waals surface area contributed by atoms with E-state index in [0.717, 1.165) is 37.0 Å². The van der Waals surface area contributed by atoms with Crippen molar-refractivity contribution in [2.75, 3.05) is 6.54 Å². The maximum atomic E-state index is 12.3. The summed E-state index contributed by atoms with van der Waals surface area (Å²) in [6.07, 6.45) is 4.75. The van der Waals surface area contributed by atoms with E-state index in [1.807, 2.05) is 38.1 Å². The quantitative estimate of drug-likeness (QED) is 0.876. The lowest BCUT2D eigenvalue weighted by atomic mass is 9.82. The molecule has 0 aliphatic heterocycles. The van der Waals surface area contributed by atoms with Crippen molar-refractivity contribution in [1.82, 2.24) is 5.32 Å². The molecule has 4 nitrogen and oxygen atoms in total. The Morgan fingerprint density at radius 3 is 2.67 bits per heavy atom. The first-order valence-electron chi connectivity index (χ1n) is 7.81. The Balaban J connectivity index is 1.82. The lowest BCUT2D eigenvalue weighted by molar-refractivity contribution is -0.127. The zero-order valence-electron chi connectivity index (χ0n) is 13.0. The Bertz CT molecular complexity index is 481. The summed E-state index contributed by atoms with van der Waals surface area (Å²) >= 11 is 0. The van der Waals surface area contributed by atoms with E-state index in [9.17, 15) is 4.79 Å². The van der Waals surface area contributed by atoms with Crippen molar-refractivity contribution in [3.05, 3.63) is 29.8 Å². The van der Waals surface area contributed by atoms with Gasteiger partial charge in [0.2, 0.25) is 5.91 Å². The van der Waals surface area contributed by atoms with Crippen LogP contribution in [0.25, 0.3) is 0 Å². The van der Waals surface area contributed by atoms with Gasteiger partial charge in [-0.1, -0.05) is 37.5 Å². The molecule has 1 unspecified atom stereocenters. The van der Waals surface area contributed by atoms with Crippen molar-refractivity contribution in [3.8, 4) is 5.75 Å². The fourth-order valence-corrected chi connectivity index (χ4v) is 2.77. The Labute approximate surface area is 127 Å². The largest absolute Gasteiger partial charge is 0.489 e. The molecule has 116 valence electrons. The number of para-hydroxylation sites is 1. The lowest BCUT2D eigenvalue weighted by Crippen LogP contribution is -2.56. The third-order valence-corrected chi connectivity index (χ3v) is 4.17. The molecular formula is C17H26N2O2. The predicted octanol–water partition coefficient (Wildman–Crippen LogP) is 2.54. The van der Waals surface area contributed by atoms with Crippen molar-refractivity contribution in [3.63, 3.8) is 0 Å². The highest BCUT2D eigenvalue weighted by atomic mass is 16.5. The van der Waals surface area contributed by atoms with Crippen molar-refractivity contribution >= 4 is 5.91 Å². The lowest BCUT2D eigenvalue weighted by Gasteiger charge is -2.32. The first-order valence-corrected chi connectivity index (χ1v) is 7.81. The van der Waals surface area contributed by atoms with Gasteiger partial charge in [-0.05, 0) is 38.3 Å². The Morgan fingerprint density at radius 1 is 1.33 bits per heavy atom. The molecule has 21 heavy (non-hydrogen) atoms. The van der Waals surface area contributed by atoms with Crippen LogP contribution in [-0.4, -0.2) is 24.1 Å². The van der Waals surface area contributed by atoms with Crippen LogP contribution in [0.4, 0.5) is 0 Å². The summed E-state index contributed by atoms with van der Waals surface area (Å²) in [5.74, 6) is 0.821. The molecule has 1 atom stereocenters. The highest BCUT2D eigenvalue weighted by Crippen LogP contribution is 2.26. The van der Waals surface area contributed by atoms with Crippen LogP contribution >= 0.6 is 0 Å². The number of aryl methyl sites for hydroxylation is 1. The summed E-state index contributed by atoms with van der Waals surface area (Å²) in [4.78, 5) is 12.3. The average molecular weight is 290 g/mol. The number of hydrogen-bond acceptors (Lipinski definition) is 3. The molecule has 1 aromatic carbocycles. The Morgan fingerprint density at radius 2 is 2.00 bits per heavy atom. The summed E-state index contributed by atoms with van der Waals surface area (Å²) in [5, 5.41) is 2.94. The topological polar surface area (TPSA) is 64.3 Å². The number of rotatable bonds is 5. The van der Waals surface area contributed by atoms with Crippen LogP contribution in [-0.2, 0) is 4.79 Å². The minimum Gasteiger partial charge on any atom is -0.489 e. The second-order valence-electron chi connectivity index (χ2n) is 6.12. The van der Waals surface area contributed by atoms with Crippen LogP contribution in [0.3, 0.4) is 0 Å². The van der Waals surface area contributed by atoms with Gasteiger partial charge in [0.15, 0.2) is 0 Å². The molecule has 0 aromatic heterocycles. The molecule has 0 bridgehead atoms. The molecular weight excluding hydrogens is 264 g/mol. The van der Waals surface area contributed by atoms with Gasteiger partial charge < -0.3 is 15.8 Å². The highest BCUT2D eigenvalue weighted by molar-refractivity contribution is 5.86. The SMILES string of the molecule is Cc1ccccc1OC(C)CNC(=O)C1(N)CCCCC1. The van der Waals surface area contributed by atoms with Crippen LogP contribution in [0.15, 0.2) is 24.3 Å². The third kappa shape index (κ3) is 4.21. The predicted molar refractivity (Wildman–Crippen MR) is 84.3 cm³/mol. The molecule has 1 amide bonds. The van der Waals surface area contributed by atoms with Crippen LogP contribution in [0, 0.1) is 6.92 Å². The first-order chi connectivity index (χ1) is 10.0. The fourth-order valence-electron chi connectivity index (χ4n) is 2.77. The van der Waals surface area contributed by atoms with E-state index in [-0.39, 0.29) is 12.0 Å². The van der Waals surface area contributed by atoms with E-state index in [1.165, 1.54) is 6.42 Å². The van der Waals surface area contributed by atoms with Crippen LogP contribution < -0.4 is 15.8 Å². The number of hydrogen-bond donors (Lipinski definition) is 2. The number of benzene rings is 1. The molecule has 0 saturated heterocycles. The van der Waals surface area contributed by atoms with Gasteiger partial charge in [-0.2, -0.15) is 0 Å². The number of ether oxygens (including phenoxy) is 1. The zero-order valence-corrected chi connectivity index (χ0v) is 13.0. The Hall–Kier alpha value is -1.55. The second kappa shape index (κ2) is 6.94.